The molecule has 0 aliphatic rings. The van der Waals surface area contributed by atoms with Crippen LogP contribution in [-0.2, 0) is 14.3 Å². The minimum absolute atomic E-state index is 0.00324. The second-order valence-corrected chi connectivity index (χ2v) is 10.5. The largest absolute Gasteiger partial charge is 0.443 e. The Hall–Kier alpha value is -2.01. The predicted molar refractivity (Wildman–Crippen MR) is 125 cm³/mol. The third kappa shape index (κ3) is 6.24. The molecule has 10 nitrogen and oxygen atoms in total. The van der Waals surface area contributed by atoms with Crippen molar-refractivity contribution in [3.8, 4) is 0 Å². The summed E-state index contributed by atoms with van der Waals surface area (Å²) in [5.41, 5.74) is -0.944. The number of amides is 3. The van der Waals surface area contributed by atoms with Crippen molar-refractivity contribution in [1.29, 1.82) is 0 Å². The SMILES string of the molecule is CC(=O)Nc1cnc(N(C(=O)OC(C)(C)C)C(=O)OC(C)(C)C)c2cn(PI)nc12. The van der Waals surface area contributed by atoms with Crippen molar-refractivity contribution in [2.75, 3.05) is 10.2 Å². The van der Waals surface area contributed by atoms with Gasteiger partial charge in [-0.2, -0.15) is 10.00 Å². The molecule has 0 aliphatic heterocycles. The highest BCUT2D eigenvalue weighted by Gasteiger charge is 2.35. The van der Waals surface area contributed by atoms with Crippen LogP contribution in [0.2, 0.25) is 0 Å². The minimum atomic E-state index is -0.928. The summed E-state index contributed by atoms with van der Waals surface area (Å²) in [6, 6.07) is 0. The molecule has 0 bridgehead atoms. The predicted octanol–water partition coefficient (Wildman–Crippen LogP) is 4.86. The number of nitrogens with zero attached hydrogens (tertiary/aromatic N) is 4. The van der Waals surface area contributed by atoms with Gasteiger partial charge in [-0.3, -0.25) is 4.79 Å². The van der Waals surface area contributed by atoms with Gasteiger partial charge in [-0.15, -0.1) is 0 Å². The number of ether oxygens (including phenoxy) is 2. The Balaban J connectivity index is 2.67. The molecule has 1 unspecified atom stereocenters. The van der Waals surface area contributed by atoms with Crippen molar-refractivity contribution >= 4 is 68.9 Å². The molecule has 0 aliphatic carbocycles. The van der Waals surface area contributed by atoms with E-state index in [-0.39, 0.29) is 18.1 Å². The lowest BCUT2D eigenvalue weighted by atomic mass is 10.2. The quantitative estimate of drug-likeness (QED) is 0.430. The summed E-state index contributed by atoms with van der Waals surface area (Å²) in [6.07, 6.45) is 1.38. The van der Waals surface area contributed by atoms with E-state index >= 15 is 0 Å². The van der Waals surface area contributed by atoms with E-state index in [1.807, 2.05) is 0 Å². The molecule has 0 saturated heterocycles. The summed E-state index contributed by atoms with van der Waals surface area (Å²) in [6.45, 7) is 11.5. The highest BCUT2D eigenvalue weighted by molar-refractivity contribution is 14.2. The van der Waals surface area contributed by atoms with Gasteiger partial charge in [0.15, 0.2) is 5.82 Å². The molecule has 2 heterocycles. The topological polar surface area (TPSA) is 116 Å². The van der Waals surface area contributed by atoms with Crippen LogP contribution >= 0.6 is 28.4 Å². The summed E-state index contributed by atoms with van der Waals surface area (Å²) in [4.78, 5) is 42.4. The van der Waals surface area contributed by atoms with Gasteiger partial charge in [0.2, 0.25) is 5.91 Å². The molecule has 2 aromatic rings. The third-order valence-corrected chi connectivity index (χ3v) is 5.17. The Morgan fingerprint density at radius 2 is 1.63 bits per heavy atom. The number of pyridine rings is 1. The monoisotopic (exact) mass is 549 g/mol. The first-order valence-electron chi connectivity index (χ1n) is 9.00. The van der Waals surface area contributed by atoms with Gasteiger partial charge in [0.1, 0.15) is 16.7 Å². The zero-order chi connectivity index (χ0) is 22.9. The van der Waals surface area contributed by atoms with Crippen LogP contribution in [0.4, 0.5) is 21.1 Å². The number of halogens is 1. The summed E-state index contributed by atoms with van der Waals surface area (Å²) < 4.78 is 12.5. The molecule has 30 heavy (non-hydrogen) atoms. The molecule has 2 rings (SSSR count). The zero-order valence-corrected chi connectivity index (χ0v) is 21.0. The Morgan fingerprint density at radius 3 is 2.07 bits per heavy atom. The smallest absolute Gasteiger partial charge is 0.425 e. The Kier molecular flexibility index (Phi) is 7.28. The molecule has 1 N–H and O–H groups in total. The van der Waals surface area contributed by atoms with E-state index in [0.717, 1.165) is 4.90 Å². The van der Waals surface area contributed by atoms with Crippen LogP contribution in [-0.4, -0.2) is 43.8 Å². The van der Waals surface area contributed by atoms with E-state index in [9.17, 15) is 14.4 Å². The van der Waals surface area contributed by atoms with Crippen LogP contribution < -0.4 is 10.2 Å². The first kappa shape index (κ1) is 24.3. The second-order valence-electron chi connectivity index (χ2n) is 8.39. The number of fused-ring (bicyclic) bond motifs is 1. The van der Waals surface area contributed by atoms with E-state index in [2.05, 4.69) is 37.4 Å². The number of carbonyl (C=O) groups excluding carboxylic acids is 3. The summed E-state index contributed by atoms with van der Waals surface area (Å²) >= 11 is 2.14. The minimum Gasteiger partial charge on any atom is -0.443 e. The standard InChI is InChI=1S/C18H25IN5O5P/c1-10(25)21-12-8-20-14(11-9-23(30-19)22-13(11)12)24(15(26)28-17(2,3)4)16(27)29-18(5,6)7/h8-9,30H,1-7H3,(H,21,25). The van der Waals surface area contributed by atoms with Crippen molar-refractivity contribution in [2.24, 2.45) is 0 Å². The van der Waals surface area contributed by atoms with Crippen LogP contribution in [0.25, 0.3) is 10.9 Å². The lowest BCUT2D eigenvalue weighted by molar-refractivity contribution is -0.114. The lowest BCUT2D eigenvalue weighted by Crippen LogP contribution is -2.44. The first-order chi connectivity index (χ1) is 13.7. The molecule has 0 fully saturated rings. The van der Waals surface area contributed by atoms with Gasteiger partial charge in [0, 0.05) is 13.1 Å². The third-order valence-electron chi connectivity index (χ3n) is 3.29. The first-order valence-corrected chi connectivity index (χ1v) is 13.1. The maximum atomic E-state index is 12.9. The van der Waals surface area contributed by atoms with Gasteiger partial charge >= 0.3 is 12.2 Å². The fraction of sp³-hybridized carbons (Fsp3) is 0.500. The molecular formula is C18H25IN5O5P. The Labute approximate surface area is 189 Å². The normalized spacial score (nSPS) is 12.3. The molecule has 0 saturated carbocycles. The Morgan fingerprint density at radius 1 is 1.10 bits per heavy atom. The highest BCUT2D eigenvalue weighted by Crippen LogP contribution is 2.34. The van der Waals surface area contributed by atoms with E-state index in [1.54, 1.807) is 52.2 Å². The van der Waals surface area contributed by atoms with Crippen LogP contribution in [0.3, 0.4) is 0 Å². The molecule has 164 valence electrons. The lowest BCUT2D eigenvalue weighted by Gasteiger charge is -2.28. The highest BCUT2D eigenvalue weighted by atomic mass is 127. The maximum absolute atomic E-state index is 12.9. The molecule has 1 atom stereocenters. The second kappa shape index (κ2) is 9.01. The van der Waals surface area contributed by atoms with Crippen molar-refractivity contribution in [2.45, 2.75) is 59.7 Å². The summed E-state index contributed by atoms with van der Waals surface area (Å²) in [5.74, 6) is -0.294. The van der Waals surface area contributed by atoms with Gasteiger partial charge in [-0.1, -0.05) is 0 Å². The van der Waals surface area contributed by atoms with Crippen molar-refractivity contribution in [3.05, 3.63) is 12.4 Å². The van der Waals surface area contributed by atoms with Crippen LogP contribution in [0.15, 0.2) is 12.4 Å². The number of aromatic nitrogens is 3. The van der Waals surface area contributed by atoms with E-state index < -0.39 is 23.4 Å². The van der Waals surface area contributed by atoms with Gasteiger partial charge < -0.3 is 14.8 Å². The van der Waals surface area contributed by atoms with Gasteiger partial charge in [-0.25, -0.2) is 19.0 Å². The van der Waals surface area contributed by atoms with Crippen molar-refractivity contribution in [1.82, 2.24) is 14.5 Å². The Bertz CT molecular complexity index is 952. The van der Waals surface area contributed by atoms with Gasteiger partial charge in [0.25, 0.3) is 0 Å². The maximum Gasteiger partial charge on any atom is 0.425 e. The molecular weight excluding hydrogens is 524 g/mol. The van der Waals surface area contributed by atoms with E-state index in [0.29, 0.717) is 16.6 Å². The van der Waals surface area contributed by atoms with Gasteiger partial charge in [-0.05, 0) is 63.6 Å². The number of anilines is 2. The molecule has 0 aromatic carbocycles. The number of rotatable bonds is 3. The average Bonchev–Trinajstić information content (AvgIpc) is 2.98. The number of carbonyl (C=O) groups is 3. The van der Waals surface area contributed by atoms with Crippen molar-refractivity contribution in [3.63, 3.8) is 0 Å². The molecule has 12 heteroatoms. The zero-order valence-electron chi connectivity index (χ0n) is 17.9. The van der Waals surface area contributed by atoms with Crippen LogP contribution in [0, 0.1) is 0 Å². The van der Waals surface area contributed by atoms with Crippen LogP contribution in [0.5, 0.6) is 0 Å². The van der Waals surface area contributed by atoms with Crippen molar-refractivity contribution < 1.29 is 23.9 Å². The molecule has 3 amide bonds. The summed E-state index contributed by atoms with van der Waals surface area (Å²) in [5, 5.41) is 7.48. The number of imide groups is 1. The molecule has 0 spiro atoms. The average molecular weight is 549 g/mol. The summed E-state index contributed by atoms with van der Waals surface area (Å²) in [7, 11) is 0. The van der Waals surface area contributed by atoms with Crippen LogP contribution in [0.1, 0.15) is 48.5 Å². The fourth-order valence-corrected chi connectivity index (χ4v) is 3.42. The number of hydrogen-bond donors (Lipinski definition) is 1. The molecule has 2 aromatic heterocycles. The van der Waals surface area contributed by atoms with Gasteiger partial charge in [0.05, 0.1) is 23.6 Å². The van der Waals surface area contributed by atoms with E-state index in [4.69, 9.17) is 9.47 Å². The number of nitrogens with one attached hydrogen (secondary N) is 1. The molecule has 0 radical (unpaired) electrons. The fourth-order valence-electron chi connectivity index (χ4n) is 2.36. The number of hydrogen-bond acceptors (Lipinski definition) is 7. The van der Waals surface area contributed by atoms with E-state index in [1.165, 1.54) is 13.1 Å².